The third kappa shape index (κ3) is 2.30. The van der Waals surface area contributed by atoms with Gasteiger partial charge in [0.2, 0.25) is 0 Å². The molecule has 0 aliphatic carbocycles. The van der Waals surface area contributed by atoms with E-state index < -0.39 is 0 Å². The number of rotatable bonds is 4. The first-order valence-electron chi connectivity index (χ1n) is 4.70. The van der Waals surface area contributed by atoms with Crippen molar-refractivity contribution >= 4 is 5.82 Å². The second kappa shape index (κ2) is 4.84. The normalized spacial score (nSPS) is 9.69. The lowest BCUT2D eigenvalue weighted by Gasteiger charge is -2.03. The van der Waals surface area contributed by atoms with Crippen molar-refractivity contribution in [3.05, 3.63) is 30.0 Å². The second-order valence-corrected chi connectivity index (χ2v) is 3.01. The summed E-state index contributed by atoms with van der Waals surface area (Å²) in [6.07, 6.45) is 3.62. The number of aromatic amines is 1. The van der Waals surface area contributed by atoms with E-state index in [0.717, 1.165) is 5.82 Å². The molecule has 0 saturated heterocycles. The Bertz CT molecular complexity index is 485. The Hall–Kier alpha value is -2.49. The van der Waals surface area contributed by atoms with Crippen LogP contribution in [0, 0.1) is 11.3 Å². The third-order valence-electron chi connectivity index (χ3n) is 1.96. The van der Waals surface area contributed by atoms with E-state index in [1.165, 1.54) is 12.5 Å². The summed E-state index contributed by atoms with van der Waals surface area (Å²) < 4.78 is 0. The van der Waals surface area contributed by atoms with E-state index in [4.69, 9.17) is 5.26 Å². The highest BCUT2D eigenvalue weighted by Crippen LogP contribution is 2.07. The Balaban J connectivity index is 1.93. The Morgan fingerprint density at radius 2 is 2.44 bits per heavy atom. The molecule has 2 aromatic rings. The van der Waals surface area contributed by atoms with Crippen LogP contribution in [0.4, 0.5) is 5.82 Å². The number of anilines is 1. The van der Waals surface area contributed by atoms with Crippen LogP contribution in [0.2, 0.25) is 0 Å². The van der Waals surface area contributed by atoms with Gasteiger partial charge in [-0.1, -0.05) is 0 Å². The van der Waals surface area contributed by atoms with Crippen molar-refractivity contribution in [3.63, 3.8) is 0 Å². The third-order valence-corrected chi connectivity index (χ3v) is 1.96. The van der Waals surface area contributed by atoms with E-state index >= 15 is 0 Å². The van der Waals surface area contributed by atoms with Crippen LogP contribution in [0.1, 0.15) is 11.4 Å². The molecule has 7 heteroatoms. The number of nitriles is 1. The van der Waals surface area contributed by atoms with Crippen LogP contribution in [0.5, 0.6) is 0 Å². The molecule has 0 amide bonds. The summed E-state index contributed by atoms with van der Waals surface area (Å²) in [6.45, 7) is 0.614. The molecule has 2 N–H and O–H groups in total. The first-order valence-corrected chi connectivity index (χ1v) is 4.70. The van der Waals surface area contributed by atoms with Gasteiger partial charge in [-0.05, 0) is 6.07 Å². The second-order valence-electron chi connectivity index (χ2n) is 3.01. The van der Waals surface area contributed by atoms with Crippen LogP contribution in [0.15, 0.2) is 18.6 Å². The topological polar surface area (TPSA) is 103 Å². The highest BCUT2D eigenvalue weighted by Gasteiger charge is 2.02. The fourth-order valence-corrected chi connectivity index (χ4v) is 1.20. The van der Waals surface area contributed by atoms with Crippen molar-refractivity contribution in [3.8, 4) is 6.07 Å². The number of hydrogen-bond donors (Lipinski definition) is 2. The lowest BCUT2D eigenvalue weighted by Crippen LogP contribution is -2.09. The SMILES string of the molecule is N#Cc1ccnnc1NCCc1ncn[nH]1. The van der Waals surface area contributed by atoms with Crippen molar-refractivity contribution in [1.29, 1.82) is 5.26 Å². The molecule has 0 spiro atoms. The van der Waals surface area contributed by atoms with Gasteiger partial charge in [0.15, 0.2) is 5.82 Å². The molecule has 2 rings (SSSR count). The van der Waals surface area contributed by atoms with E-state index in [9.17, 15) is 0 Å². The number of aromatic nitrogens is 5. The average molecular weight is 215 g/mol. The molecule has 0 aromatic carbocycles. The van der Waals surface area contributed by atoms with Crippen molar-refractivity contribution < 1.29 is 0 Å². The fourth-order valence-electron chi connectivity index (χ4n) is 1.20. The smallest absolute Gasteiger partial charge is 0.166 e. The highest BCUT2D eigenvalue weighted by molar-refractivity contribution is 5.49. The number of nitrogens with zero attached hydrogens (tertiary/aromatic N) is 5. The van der Waals surface area contributed by atoms with E-state index in [1.807, 2.05) is 6.07 Å². The zero-order chi connectivity index (χ0) is 11.2. The van der Waals surface area contributed by atoms with Crippen LogP contribution < -0.4 is 5.32 Å². The summed E-state index contributed by atoms with van der Waals surface area (Å²) in [5.74, 6) is 1.28. The fraction of sp³-hybridized carbons (Fsp3) is 0.222. The predicted molar refractivity (Wildman–Crippen MR) is 55.3 cm³/mol. The Labute approximate surface area is 91.6 Å². The molecule has 0 radical (unpaired) electrons. The van der Waals surface area contributed by atoms with E-state index in [0.29, 0.717) is 24.3 Å². The minimum atomic E-state index is 0.479. The Morgan fingerprint density at radius 3 is 3.19 bits per heavy atom. The number of nitrogens with one attached hydrogen (secondary N) is 2. The Morgan fingerprint density at radius 1 is 1.50 bits per heavy atom. The molecule has 7 nitrogen and oxygen atoms in total. The number of H-pyrrole nitrogens is 1. The zero-order valence-electron chi connectivity index (χ0n) is 8.38. The molecule has 80 valence electrons. The lowest BCUT2D eigenvalue weighted by molar-refractivity contribution is 0.888. The van der Waals surface area contributed by atoms with Crippen molar-refractivity contribution in [2.24, 2.45) is 0 Å². The van der Waals surface area contributed by atoms with Gasteiger partial charge in [0, 0.05) is 13.0 Å². The van der Waals surface area contributed by atoms with Gasteiger partial charge in [-0.25, -0.2) is 4.98 Å². The summed E-state index contributed by atoms with van der Waals surface area (Å²) in [7, 11) is 0. The molecule has 0 aliphatic heterocycles. The summed E-state index contributed by atoms with van der Waals surface area (Å²) in [5.41, 5.74) is 0.479. The van der Waals surface area contributed by atoms with Crippen molar-refractivity contribution in [2.45, 2.75) is 6.42 Å². The summed E-state index contributed by atoms with van der Waals surface area (Å²) in [4.78, 5) is 3.98. The molecule has 0 aliphatic rings. The molecule has 0 fully saturated rings. The van der Waals surface area contributed by atoms with Crippen LogP contribution in [0.3, 0.4) is 0 Å². The molecule has 0 bridgehead atoms. The van der Waals surface area contributed by atoms with E-state index in [1.54, 1.807) is 6.07 Å². The Kier molecular flexibility index (Phi) is 3.04. The molecule has 16 heavy (non-hydrogen) atoms. The molecular formula is C9H9N7. The van der Waals surface area contributed by atoms with Gasteiger partial charge in [0.25, 0.3) is 0 Å². The standard InChI is InChI=1S/C9H9N7/c10-5-7-1-4-13-16-9(7)11-3-2-8-12-6-14-15-8/h1,4,6H,2-3H2,(H,11,16)(H,12,14,15). The molecule has 0 unspecified atom stereocenters. The number of hydrogen-bond acceptors (Lipinski definition) is 6. The largest absolute Gasteiger partial charge is 0.367 e. The quantitative estimate of drug-likeness (QED) is 0.750. The molecule has 2 aromatic heterocycles. The van der Waals surface area contributed by atoms with Crippen LogP contribution in [0.25, 0.3) is 0 Å². The summed E-state index contributed by atoms with van der Waals surface area (Å²) in [6, 6.07) is 3.65. The van der Waals surface area contributed by atoms with E-state index in [2.05, 4.69) is 30.7 Å². The van der Waals surface area contributed by atoms with Gasteiger partial charge in [0.05, 0.1) is 11.8 Å². The predicted octanol–water partition coefficient (Wildman–Crippen LogP) is 0.121. The van der Waals surface area contributed by atoms with Gasteiger partial charge < -0.3 is 5.32 Å². The summed E-state index contributed by atoms with van der Waals surface area (Å²) in [5, 5.41) is 25.9. The van der Waals surface area contributed by atoms with Gasteiger partial charge in [0.1, 0.15) is 18.2 Å². The van der Waals surface area contributed by atoms with Crippen molar-refractivity contribution in [1.82, 2.24) is 25.4 Å². The lowest BCUT2D eigenvalue weighted by atomic mass is 10.3. The minimum Gasteiger partial charge on any atom is -0.367 e. The molecule has 2 heterocycles. The van der Waals surface area contributed by atoms with Gasteiger partial charge in [-0.15, -0.1) is 5.10 Å². The highest BCUT2D eigenvalue weighted by atomic mass is 15.2. The van der Waals surface area contributed by atoms with Gasteiger partial charge >= 0.3 is 0 Å². The van der Waals surface area contributed by atoms with Gasteiger partial charge in [-0.2, -0.15) is 15.5 Å². The molecule has 0 saturated carbocycles. The first kappa shape index (κ1) is 10.0. The van der Waals surface area contributed by atoms with Crippen LogP contribution in [-0.4, -0.2) is 31.9 Å². The maximum Gasteiger partial charge on any atom is 0.166 e. The molecular weight excluding hydrogens is 206 g/mol. The van der Waals surface area contributed by atoms with Crippen LogP contribution >= 0.6 is 0 Å². The maximum atomic E-state index is 8.82. The van der Waals surface area contributed by atoms with Crippen LogP contribution in [-0.2, 0) is 6.42 Å². The monoisotopic (exact) mass is 215 g/mol. The van der Waals surface area contributed by atoms with E-state index in [-0.39, 0.29) is 0 Å². The summed E-state index contributed by atoms with van der Waals surface area (Å²) >= 11 is 0. The maximum absolute atomic E-state index is 8.82. The first-order chi connectivity index (χ1) is 7.90. The molecule has 0 atom stereocenters. The van der Waals surface area contributed by atoms with Gasteiger partial charge in [-0.3, -0.25) is 5.10 Å². The average Bonchev–Trinajstić information content (AvgIpc) is 2.83. The zero-order valence-corrected chi connectivity index (χ0v) is 8.38. The minimum absolute atomic E-state index is 0.479. The van der Waals surface area contributed by atoms with Crippen molar-refractivity contribution in [2.75, 3.05) is 11.9 Å².